The molecule has 1 unspecified atom stereocenters. The van der Waals surface area contributed by atoms with Crippen LogP contribution in [0.2, 0.25) is 0 Å². The summed E-state index contributed by atoms with van der Waals surface area (Å²) in [5.41, 5.74) is 0.719. The highest BCUT2D eigenvalue weighted by Crippen LogP contribution is 2.17. The lowest BCUT2D eigenvalue weighted by atomic mass is 10.3. The molecule has 1 atom stereocenters. The van der Waals surface area contributed by atoms with Crippen molar-refractivity contribution >= 4 is 29.3 Å². The second-order valence-corrected chi connectivity index (χ2v) is 5.61. The molecule has 1 rings (SSSR count). The number of esters is 1. The van der Waals surface area contributed by atoms with Gasteiger partial charge >= 0.3 is 5.97 Å². The van der Waals surface area contributed by atoms with E-state index in [-0.39, 0.29) is 17.1 Å². The summed E-state index contributed by atoms with van der Waals surface area (Å²) in [7, 11) is 2.95. The van der Waals surface area contributed by atoms with Crippen LogP contribution in [0.5, 0.6) is 5.75 Å². The Hall–Kier alpha value is -1.69. The van der Waals surface area contributed by atoms with Gasteiger partial charge in [0.15, 0.2) is 0 Å². The summed E-state index contributed by atoms with van der Waals surface area (Å²) >= 11 is 1.42. The lowest BCUT2D eigenvalue weighted by Crippen LogP contribution is -2.17. The molecule has 5 nitrogen and oxygen atoms in total. The molecule has 0 saturated heterocycles. The Bertz CT molecular complexity index is 447. The highest BCUT2D eigenvalue weighted by molar-refractivity contribution is 8.00. The topological polar surface area (TPSA) is 64.6 Å². The Morgan fingerprint density at radius 2 is 1.90 bits per heavy atom. The van der Waals surface area contributed by atoms with Crippen molar-refractivity contribution in [3.8, 4) is 5.75 Å². The van der Waals surface area contributed by atoms with Gasteiger partial charge in [0.2, 0.25) is 5.91 Å². The summed E-state index contributed by atoms with van der Waals surface area (Å²) in [6.07, 6.45) is 0.303. The molecule has 0 bridgehead atoms. The van der Waals surface area contributed by atoms with Gasteiger partial charge in [0, 0.05) is 10.9 Å². The molecule has 110 valence electrons. The fourth-order valence-electron chi connectivity index (χ4n) is 1.47. The Morgan fingerprint density at radius 3 is 2.45 bits per heavy atom. The van der Waals surface area contributed by atoms with E-state index >= 15 is 0 Å². The monoisotopic (exact) mass is 297 g/mol. The van der Waals surface area contributed by atoms with Crippen molar-refractivity contribution in [3.63, 3.8) is 0 Å². The maximum Gasteiger partial charge on any atom is 0.306 e. The number of hydrogen-bond acceptors (Lipinski definition) is 5. The highest BCUT2D eigenvalue weighted by Gasteiger charge is 2.12. The van der Waals surface area contributed by atoms with Crippen LogP contribution in [0.15, 0.2) is 24.3 Å². The van der Waals surface area contributed by atoms with Crippen LogP contribution in [-0.4, -0.2) is 37.1 Å². The maximum atomic E-state index is 11.7. The molecule has 0 aromatic heterocycles. The van der Waals surface area contributed by atoms with Gasteiger partial charge in [0.25, 0.3) is 0 Å². The molecule has 0 aliphatic rings. The van der Waals surface area contributed by atoms with Crippen molar-refractivity contribution in [3.05, 3.63) is 24.3 Å². The summed E-state index contributed by atoms with van der Waals surface area (Å²) in [5.74, 6) is 0.672. The number of nitrogens with one attached hydrogen (secondary N) is 1. The lowest BCUT2D eigenvalue weighted by molar-refractivity contribution is -0.140. The van der Waals surface area contributed by atoms with Gasteiger partial charge in [-0.3, -0.25) is 9.59 Å². The quantitative estimate of drug-likeness (QED) is 0.782. The number of amides is 1. The number of methoxy groups -OCH3 is 2. The fourth-order valence-corrected chi connectivity index (χ4v) is 2.23. The average molecular weight is 297 g/mol. The van der Waals surface area contributed by atoms with Crippen LogP contribution in [-0.2, 0) is 14.3 Å². The van der Waals surface area contributed by atoms with E-state index in [4.69, 9.17) is 4.74 Å². The van der Waals surface area contributed by atoms with Crippen molar-refractivity contribution in [1.29, 1.82) is 0 Å². The van der Waals surface area contributed by atoms with Crippen LogP contribution in [0, 0.1) is 0 Å². The van der Waals surface area contributed by atoms with Gasteiger partial charge < -0.3 is 14.8 Å². The minimum absolute atomic E-state index is 0.0454. The number of rotatable bonds is 7. The summed E-state index contributed by atoms with van der Waals surface area (Å²) in [6.45, 7) is 1.89. The third-order valence-electron chi connectivity index (χ3n) is 2.55. The zero-order valence-corrected chi connectivity index (χ0v) is 12.7. The largest absolute Gasteiger partial charge is 0.497 e. The van der Waals surface area contributed by atoms with E-state index in [1.165, 1.54) is 18.9 Å². The zero-order valence-electron chi connectivity index (χ0n) is 11.8. The molecule has 0 aliphatic heterocycles. The van der Waals surface area contributed by atoms with E-state index < -0.39 is 0 Å². The maximum absolute atomic E-state index is 11.7. The standard InChI is InChI=1S/C14H19NO4S/c1-10(8-14(17)19-3)20-9-13(16)15-11-4-6-12(18-2)7-5-11/h4-7,10H,8-9H2,1-3H3,(H,15,16). The van der Waals surface area contributed by atoms with E-state index in [0.29, 0.717) is 12.2 Å². The predicted molar refractivity (Wildman–Crippen MR) is 80.2 cm³/mol. The first kappa shape index (κ1) is 16.4. The number of hydrogen-bond donors (Lipinski definition) is 1. The highest BCUT2D eigenvalue weighted by atomic mass is 32.2. The van der Waals surface area contributed by atoms with Crippen LogP contribution < -0.4 is 10.1 Å². The van der Waals surface area contributed by atoms with Crippen LogP contribution in [0.4, 0.5) is 5.69 Å². The van der Waals surface area contributed by atoms with E-state index in [1.807, 2.05) is 6.92 Å². The second-order valence-electron chi connectivity index (χ2n) is 4.18. The molecule has 0 saturated carbocycles. The molecule has 20 heavy (non-hydrogen) atoms. The molecule has 0 spiro atoms. The van der Waals surface area contributed by atoms with E-state index in [2.05, 4.69) is 10.1 Å². The minimum Gasteiger partial charge on any atom is -0.497 e. The first-order chi connectivity index (χ1) is 9.55. The Labute approximate surface area is 123 Å². The van der Waals surface area contributed by atoms with Crippen LogP contribution >= 0.6 is 11.8 Å². The fraction of sp³-hybridized carbons (Fsp3) is 0.429. The molecule has 6 heteroatoms. The molecule has 1 amide bonds. The van der Waals surface area contributed by atoms with Crippen molar-refractivity contribution in [2.75, 3.05) is 25.3 Å². The number of carbonyl (C=O) groups is 2. The number of anilines is 1. The summed E-state index contributed by atoms with van der Waals surface area (Å²) < 4.78 is 9.62. The summed E-state index contributed by atoms with van der Waals surface area (Å²) in [6, 6.07) is 7.11. The van der Waals surface area contributed by atoms with Crippen molar-refractivity contribution < 1.29 is 19.1 Å². The van der Waals surface area contributed by atoms with E-state index in [9.17, 15) is 9.59 Å². The van der Waals surface area contributed by atoms with Crippen molar-refractivity contribution in [2.24, 2.45) is 0 Å². The Morgan fingerprint density at radius 1 is 1.25 bits per heavy atom. The molecule has 0 radical (unpaired) electrons. The Balaban J connectivity index is 2.34. The number of carbonyl (C=O) groups excluding carboxylic acids is 2. The molecular formula is C14H19NO4S. The first-order valence-electron chi connectivity index (χ1n) is 6.17. The SMILES string of the molecule is COC(=O)CC(C)SCC(=O)Nc1ccc(OC)cc1. The third kappa shape index (κ3) is 5.97. The zero-order chi connectivity index (χ0) is 15.0. The summed E-state index contributed by atoms with van der Waals surface area (Å²) in [5, 5.41) is 2.83. The molecule has 0 heterocycles. The van der Waals surface area contributed by atoms with Gasteiger partial charge in [-0.15, -0.1) is 11.8 Å². The van der Waals surface area contributed by atoms with Crippen LogP contribution in [0.3, 0.4) is 0 Å². The number of ether oxygens (including phenoxy) is 2. The van der Waals surface area contributed by atoms with Crippen LogP contribution in [0.25, 0.3) is 0 Å². The molecule has 1 aromatic rings. The number of benzene rings is 1. The van der Waals surface area contributed by atoms with Gasteiger partial charge in [0.05, 0.1) is 26.4 Å². The molecule has 1 aromatic carbocycles. The number of thioether (sulfide) groups is 1. The first-order valence-corrected chi connectivity index (χ1v) is 7.22. The molecular weight excluding hydrogens is 278 g/mol. The lowest BCUT2D eigenvalue weighted by Gasteiger charge is -2.10. The van der Waals surface area contributed by atoms with Gasteiger partial charge in [-0.05, 0) is 24.3 Å². The van der Waals surface area contributed by atoms with Crippen LogP contribution in [0.1, 0.15) is 13.3 Å². The molecule has 1 N–H and O–H groups in total. The third-order valence-corrected chi connectivity index (χ3v) is 3.72. The second kappa shape index (κ2) is 8.47. The Kier molecular flexibility index (Phi) is 6.93. The van der Waals surface area contributed by atoms with E-state index in [0.717, 1.165) is 11.4 Å². The normalized spacial score (nSPS) is 11.6. The molecule has 0 aliphatic carbocycles. The van der Waals surface area contributed by atoms with Gasteiger partial charge in [0.1, 0.15) is 5.75 Å². The van der Waals surface area contributed by atoms with Gasteiger partial charge in [-0.2, -0.15) is 0 Å². The van der Waals surface area contributed by atoms with Crippen molar-refractivity contribution in [2.45, 2.75) is 18.6 Å². The van der Waals surface area contributed by atoms with Crippen molar-refractivity contribution in [1.82, 2.24) is 0 Å². The predicted octanol–water partition coefficient (Wildman–Crippen LogP) is 2.32. The smallest absolute Gasteiger partial charge is 0.306 e. The minimum atomic E-state index is -0.263. The van der Waals surface area contributed by atoms with Gasteiger partial charge in [-0.1, -0.05) is 6.92 Å². The average Bonchev–Trinajstić information content (AvgIpc) is 2.45. The molecule has 0 fully saturated rings. The van der Waals surface area contributed by atoms with E-state index in [1.54, 1.807) is 31.4 Å². The van der Waals surface area contributed by atoms with Gasteiger partial charge in [-0.25, -0.2) is 0 Å². The summed E-state index contributed by atoms with van der Waals surface area (Å²) in [4.78, 5) is 22.8.